The number of hydrogen-bond acceptors (Lipinski definition) is 4. The van der Waals surface area contributed by atoms with Gasteiger partial charge in [-0.15, -0.1) is 10.2 Å². The van der Waals surface area contributed by atoms with Crippen LogP contribution in [0.25, 0.3) is 0 Å². The maximum absolute atomic E-state index is 13.0. The minimum Gasteiger partial charge on any atom is -0.333 e. The molecule has 1 atom stereocenters. The number of anilines is 2. The second kappa shape index (κ2) is 5.16. The topological polar surface area (TPSA) is 62.6 Å². The third kappa shape index (κ3) is 2.32. The van der Waals surface area contributed by atoms with Crippen molar-refractivity contribution in [2.45, 2.75) is 39.4 Å². The highest BCUT2D eigenvalue weighted by Gasteiger charge is 2.28. The summed E-state index contributed by atoms with van der Waals surface area (Å²) in [5.41, 5.74) is 1.01. The summed E-state index contributed by atoms with van der Waals surface area (Å²) >= 11 is 3.36. The number of rotatable bonds is 4. The Bertz CT molecular complexity index is 617. The highest BCUT2D eigenvalue weighted by atomic mass is 79.9. The van der Waals surface area contributed by atoms with E-state index in [1.165, 1.54) is 0 Å². The molecule has 1 aliphatic heterocycles. The lowest BCUT2D eigenvalue weighted by atomic mass is 10.2. The first-order valence-corrected chi connectivity index (χ1v) is 7.41. The average molecular weight is 343 g/mol. The molecular weight excluding hydrogens is 327 g/mol. The molecule has 0 saturated carbocycles. The van der Waals surface area contributed by atoms with Crippen LogP contribution in [-0.4, -0.2) is 37.4 Å². The molecule has 1 aliphatic rings. The number of halogens is 2. The van der Waals surface area contributed by atoms with E-state index in [2.05, 4.69) is 36.1 Å². The van der Waals surface area contributed by atoms with Crippen LogP contribution >= 0.6 is 15.9 Å². The first kappa shape index (κ1) is 13.5. The van der Waals surface area contributed by atoms with Crippen molar-refractivity contribution >= 4 is 27.7 Å². The minimum absolute atomic E-state index is 0.532. The first-order chi connectivity index (χ1) is 9.56. The minimum atomic E-state index is -0.787. The number of H-pyrrole nitrogens is 1. The number of fused-ring (bicyclic) bond motifs is 2. The molecule has 1 unspecified atom stereocenters. The molecule has 3 heterocycles. The van der Waals surface area contributed by atoms with Gasteiger partial charge in [0.25, 0.3) is 0 Å². The van der Waals surface area contributed by atoms with Crippen LogP contribution in [0, 0.1) is 6.92 Å². The van der Waals surface area contributed by atoms with Crippen molar-refractivity contribution in [3.8, 4) is 0 Å². The van der Waals surface area contributed by atoms with Crippen LogP contribution < -0.4 is 4.90 Å². The maximum atomic E-state index is 13.0. The predicted octanol–water partition coefficient (Wildman–Crippen LogP) is 2.71. The van der Waals surface area contributed by atoms with Crippen molar-refractivity contribution < 1.29 is 4.39 Å². The van der Waals surface area contributed by atoms with Crippen LogP contribution in [0.4, 0.5) is 16.2 Å². The SMILES string of the molecule is Cc1nnc2n1Cc1[nH]c(Br)nc1N2CCCC(C)F. The van der Waals surface area contributed by atoms with E-state index in [4.69, 9.17) is 0 Å². The van der Waals surface area contributed by atoms with Gasteiger partial charge in [0.1, 0.15) is 5.82 Å². The Labute approximate surface area is 124 Å². The molecule has 2 aromatic rings. The van der Waals surface area contributed by atoms with E-state index in [0.29, 0.717) is 24.2 Å². The van der Waals surface area contributed by atoms with Crippen LogP contribution in [0.3, 0.4) is 0 Å². The number of alkyl halides is 1. The van der Waals surface area contributed by atoms with Gasteiger partial charge in [0.2, 0.25) is 5.95 Å². The van der Waals surface area contributed by atoms with Gasteiger partial charge in [-0.05, 0) is 42.6 Å². The predicted molar refractivity (Wildman–Crippen MR) is 77.0 cm³/mol. The van der Waals surface area contributed by atoms with Crippen LogP contribution in [0.5, 0.6) is 0 Å². The smallest absolute Gasteiger partial charge is 0.233 e. The van der Waals surface area contributed by atoms with Crippen molar-refractivity contribution in [3.63, 3.8) is 0 Å². The number of nitrogens with zero attached hydrogens (tertiary/aromatic N) is 5. The van der Waals surface area contributed by atoms with E-state index in [-0.39, 0.29) is 0 Å². The third-order valence-corrected chi connectivity index (χ3v) is 3.82. The fraction of sp³-hybridized carbons (Fsp3) is 0.583. The highest BCUT2D eigenvalue weighted by Crippen LogP contribution is 2.33. The Morgan fingerprint density at radius 3 is 3.00 bits per heavy atom. The molecule has 0 fully saturated rings. The molecule has 0 saturated heterocycles. The summed E-state index contributed by atoms with van der Waals surface area (Å²) in [5.74, 6) is 2.49. The Hall–Kier alpha value is -1.44. The fourth-order valence-electron chi connectivity index (χ4n) is 2.45. The van der Waals surface area contributed by atoms with Gasteiger partial charge in [0.15, 0.2) is 10.6 Å². The van der Waals surface area contributed by atoms with Crippen LogP contribution in [0.15, 0.2) is 4.73 Å². The normalized spacial score (nSPS) is 15.1. The molecule has 0 bridgehead atoms. The van der Waals surface area contributed by atoms with E-state index >= 15 is 0 Å². The Morgan fingerprint density at radius 1 is 1.45 bits per heavy atom. The molecule has 0 amide bonds. The number of aryl methyl sites for hydroxylation is 1. The molecule has 8 heteroatoms. The lowest BCUT2D eigenvalue weighted by molar-refractivity contribution is 0.335. The lowest BCUT2D eigenvalue weighted by Crippen LogP contribution is -2.28. The molecule has 0 radical (unpaired) electrons. The highest BCUT2D eigenvalue weighted by molar-refractivity contribution is 9.10. The van der Waals surface area contributed by atoms with Gasteiger partial charge >= 0.3 is 0 Å². The van der Waals surface area contributed by atoms with Crippen molar-refractivity contribution in [2.75, 3.05) is 11.4 Å². The Kier molecular flexibility index (Phi) is 3.49. The van der Waals surface area contributed by atoms with E-state index < -0.39 is 6.17 Å². The summed E-state index contributed by atoms with van der Waals surface area (Å²) in [4.78, 5) is 9.65. The molecule has 1 N–H and O–H groups in total. The third-order valence-electron chi connectivity index (χ3n) is 3.44. The molecule has 6 nitrogen and oxygen atoms in total. The standard InChI is InChI=1S/C12H16BrFN6/c1-7(14)4-3-5-19-10-9(15-11(13)16-10)6-20-8(2)17-18-12(19)20/h7H,3-6H2,1-2H3,(H,15,16). The monoisotopic (exact) mass is 342 g/mol. The largest absolute Gasteiger partial charge is 0.333 e. The van der Waals surface area contributed by atoms with E-state index in [0.717, 1.165) is 29.7 Å². The molecule has 2 aromatic heterocycles. The zero-order valence-electron chi connectivity index (χ0n) is 11.4. The summed E-state index contributed by atoms with van der Waals surface area (Å²) in [5, 5.41) is 8.34. The molecule has 20 heavy (non-hydrogen) atoms. The summed E-state index contributed by atoms with van der Waals surface area (Å²) in [6.07, 6.45) is 0.489. The van der Waals surface area contributed by atoms with Gasteiger partial charge in [0.05, 0.1) is 18.4 Å². The lowest BCUT2D eigenvalue weighted by Gasteiger charge is -2.27. The summed E-state index contributed by atoms with van der Waals surface area (Å²) in [6.45, 7) is 4.86. The number of hydrogen-bond donors (Lipinski definition) is 1. The average Bonchev–Trinajstić information content (AvgIpc) is 2.92. The zero-order valence-corrected chi connectivity index (χ0v) is 13.0. The van der Waals surface area contributed by atoms with Gasteiger partial charge < -0.3 is 4.98 Å². The number of aromatic nitrogens is 5. The van der Waals surface area contributed by atoms with Crippen LogP contribution in [0.1, 0.15) is 31.3 Å². The van der Waals surface area contributed by atoms with Crippen molar-refractivity contribution in [1.82, 2.24) is 24.7 Å². The zero-order chi connectivity index (χ0) is 14.3. The van der Waals surface area contributed by atoms with Crippen LogP contribution in [0.2, 0.25) is 0 Å². The Balaban J connectivity index is 1.91. The van der Waals surface area contributed by atoms with E-state index in [9.17, 15) is 4.39 Å². The van der Waals surface area contributed by atoms with Gasteiger partial charge in [0, 0.05) is 6.54 Å². The second-order valence-corrected chi connectivity index (χ2v) is 5.79. The number of imidazole rings is 1. The van der Waals surface area contributed by atoms with Crippen molar-refractivity contribution in [2.24, 2.45) is 0 Å². The Morgan fingerprint density at radius 2 is 2.25 bits per heavy atom. The summed E-state index contributed by atoms with van der Waals surface area (Å²) in [6, 6.07) is 0. The van der Waals surface area contributed by atoms with E-state index in [1.807, 2.05) is 16.4 Å². The molecule has 0 aliphatic carbocycles. The van der Waals surface area contributed by atoms with Crippen LogP contribution in [-0.2, 0) is 6.54 Å². The molecule has 0 spiro atoms. The number of aromatic amines is 1. The number of nitrogens with one attached hydrogen (secondary N) is 1. The second-order valence-electron chi connectivity index (χ2n) is 5.04. The molecule has 108 valence electrons. The van der Waals surface area contributed by atoms with Gasteiger partial charge in [-0.25, -0.2) is 9.37 Å². The van der Waals surface area contributed by atoms with Crippen molar-refractivity contribution in [3.05, 3.63) is 16.3 Å². The molecule has 0 aromatic carbocycles. The molecule has 3 rings (SSSR count). The van der Waals surface area contributed by atoms with Gasteiger partial charge in [-0.2, -0.15) is 0 Å². The maximum Gasteiger partial charge on any atom is 0.233 e. The molecular formula is C12H16BrFN6. The van der Waals surface area contributed by atoms with E-state index in [1.54, 1.807) is 6.92 Å². The fourth-order valence-corrected chi connectivity index (χ4v) is 2.85. The van der Waals surface area contributed by atoms with Gasteiger partial charge in [-0.1, -0.05) is 0 Å². The summed E-state index contributed by atoms with van der Waals surface area (Å²) in [7, 11) is 0. The van der Waals surface area contributed by atoms with Gasteiger partial charge in [-0.3, -0.25) is 9.47 Å². The summed E-state index contributed by atoms with van der Waals surface area (Å²) < 4.78 is 15.7. The quantitative estimate of drug-likeness (QED) is 0.927. The first-order valence-electron chi connectivity index (χ1n) is 6.62. The van der Waals surface area contributed by atoms with Crippen molar-refractivity contribution in [1.29, 1.82) is 0 Å².